The first-order valence-electron chi connectivity index (χ1n) is 11.6. The van der Waals surface area contributed by atoms with E-state index < -0.39 is 0 Å². The van der Waals surface area contributed by atoms with Crippen LogP contribution in [0.1, 0.15) is 0 Å². The highest BCUT2D eigenvalue weighted by atomic mass is 16.5. The molecule has 4 heterocycles. The second-order valence-corrected chi connectivity index (χ2v) is 8.45. The number of ether oxygens (including phenoxy) is 4. The predicted molar refractivity (Wildman–Crippen MR) is 114 cm³/mol. The Labute approximate surface area is 188 Å². The highest BCUT2D eigenvalue weighted by Crippen LogP contribution is 2.34. The molecule has 0 aromatic heterocycles. The Morgan fingerprint density at radius 3 is 0.750 bits per heavy atom. The van der Waals surface area contributed by atoms with Gasteiger partial charge in [0.15, 0.2) is 0 Å². The fraction of sp³-hybridized carbons (Fsp3) is 0.727. The number of nitrogens with zero attached hydrogens (tertiary/aromatic N) is 4. The molecule has 0 unspecified atom stereocenters. The Balaban J connectivity index is 1.60. The van der Waals surface area contributed by atoms with Crippen LogP contribution in [0.25, 0.3) is 0 Å². The molecule has 0 radical (unpaired) electrons. The summed E-state index contributed by atoms with van der Waals surface area (Å²) in [4.78, 5) is 36.6. The molecule has 176 valence electrons. The molecule has 0 N–H and O–H groups in total. The highest BCUT2D eigenvalue weighted by Gasteiger charge is 2.44. The van der Waals surface area contributed by atoms with E-state index in [2.05, 4.69) is 0 Å². The molecule has 0 saturated carbocycles. The molecule has 0 atom stereocenters. The largest absolute Gasteiger partial charge is 0.378 e. The Kier molecular flexibility index (Phi) is 6.63. The summed E-state index contributed by atoms with van der Waals surface area (Å²) < 4.78 is 22.2. The minimum absolute atomic E-state index is 0.0589. The van der Waals surface area contributed by atoms with Crippen LogP contribution in [0.5, 0.6) is 0 Å². The lowest BCUT2D eigenvalue weighted by molar-refractivity contribution is -0.123. The number of carbonyl (C=O) groups is 2. The van der Waals surface area contributed by atoms with Gasteiger partial charge in [0.2, 0.25) is 11.6 Å². The van der Waals surface area contributed by atoms with Crippen LogP contribution < -0.4 is 0 Å². The Morgan fingerprint density at radius 2 is 0.562 bits per heavy atom. The van der Waals surface area contributed by atoms with Crippen LogP contribution in [-0.2, 0) is 28.5 Å². The third-order valence-corrected chi connectivity index (χ3v) is 6.62. The molecule has 5 aliphatic rings. The Hall–Kier alpha value is -2.14. The minimum Gasteiger partial charge on any atom is -0.378 e. The molecule has 0 aromatic carbocycles. The lowest BCUT2D eigenvalue weighted by atomic mass is 9.94. The number of ketones is 2. The van der Waals surface area contributed by atoms with Crippen molar-refractivity contribution in [2.75, 3.05) is 105 Å². The van der Waals surface area contributed by atoms with Gasteiger partial charge in [0, 0.05) is 52.4 Å². The van der Waals surface area contributed by atoms with Gasteiger partial charge in [0.05, 0.1) is 52.9 Å². The maximum absolute atomic E-state index is 14.2. The number of hydrogen-bond acceptors (Lipinski definition) is 10. The first-order valence-corrected chi connectivity index (χ1v) is 11.6. The van der Waals surface area contributed by atoms with E-state index in [0.29, 0.717) is 128 Å². The zero-order valence-electron chi connectivity index (χ0n) is 18.6. The van der Waals surface area contributed by atoms with Gasteiger partial charge in [-0.25, -0.2) is 0 Å². The predicted octanol–water partition coefficient (Wildman–Crippen LogP) is -1.11. The van der Waals surface area contributed by atoms with Crippen LogP contribution in [0.3, 0.4) is 0 Å². The van der Waals surface area contributed by atoms with Gasteiger partial charge < -0.3 is 38.5 Å². The summed E-state index contributed by atoms with van der Waals surface area (Å²) in [6, 6.07) is 0. The van der Waals surface area contributed by atoms with Crippen molar-refractivity contribution in [2.45, 2.75) is 0 Å². The van der Waals surface area contributed by atoms with Gasteiger partial charge >= 0.3 is 0 Å². The standard InChI is InChI=1S/C22H32N4O6/c27-21-17(23-1-9-29-10-2-23)18(24-3-11-30-12-4-24)22(28)20(26-7-15-32-16-8-26)19(21)25-5-13-31-14-6-25/h1-16H2. The number of hydrogen-bond donors (Lipinski definition) is 0. The number of rotatable bonds is 4. The second-order valence-electron chi connectivity index (χ2n) is 8.45. The Morgan fingerprint density at radius 1 is 0.375 bits per heavy atom. The Bertz CT molecular complexity index is 662. The maximum atomic E-state index is 14.2. The third kappa shape index (κ3) is 4.12. The van der Waals surface area contributed by atoms with Gasteiger partial charge in [-0.1, -0.05) is 0 Å². The van der Waals surface area contributed by atoms with E-state index >= 15 is 0 Å². The number of Topliss-reactive ketones (excluding diaryl/α,β-unsaturated/α-hetero) is 2. The average Bonchev–Trinajstić information content (AvgIpc) is 2.87. The van der Waals surface area contributed by atoms with Crippen LogP contribution in [0, 0.1) is 0 Å². The van der Waals surface area contributed by atoms with Crippen LogP contribution in [0.15, 0.2) is 22.8 Å². The average molecular weight is 449 g/mol. The molecular weight excluding hydrogens is 416 g/mol. The first kappa shape index (κ1) is 21.7. The molecule has 0 spiro atoms. The zero-order valence-corrected chi connectivity index (χ0v) is 18.6. The van der Waals surface area contributed by atoms with Crippen LogP contribution >= 0.6 is 0 Å². The second kappa shape index (κ2) is 9.78. The fourth-order valence-electron chi connectivity index (χ4n) is 4.98. The summed E-state index contributed by atoms with van der Waals surface area (Å²) in [5.74, 6) is -0.118. The van der Waals surface area contributed by atoms with E-state index in [1.54, 1.807) is 0 Å². The fourth-order valence-corrected chi connectivity index (χ4v) is 4.98. The van der Waals surface area contributed by atoms with E-state index in [-0.39, 0.29) is 11.6 Å². The molecule has 4 aliphatic heterocycles. The molecular formula is C22H32N4O6. The topological polar surface area (TPSA) is 84.0 Å². The van der Waals surface area contributed by atoms with Gasteiger partial charge in [-0.05, 0) is 0 Å². The van der Waals surface area contributed by atoms with Gasteiger partial charge in [0.25, 0.3) is 0 Å². The van der Waals surface area contributed by atoms with Gasteiger partial charge in [0.1, 0.15) is 22.8 Å². The van der Waals surface area contributed by atoms with E-state index in [4.69, 9.17) is 18.9 Å². The van der Waals surface area contributed by atoms with Gasteiger partial charge in [-0.2, -0.15) is 0 Å². The lowest BCUT2D eigenvalue weighted by Gasteiger charge is -2.43. The molecule has 5 rings (SSSR count). The van der Waals surface area contributed by atoms with Crippen molar-refractivity contribution in [1.29, 1.82) is 0 Å². The van der Waals surface area contributed by atoms with E-state index in [1.165, 1.54) is 0 Å². The summed E-state index contributed by atoms with van der Waals surface area (Å²) >= 11 is 0. The molecule has 4 saturated heterocycles. The van der Waals surface area contributed by atoms with Crippen LogP contribution in [0.2, 0.25) is 0 Å². The van der Waals surface area contributed by atoms with Crippen LogP contribution in [0.4, 0.5) is 0 Å². The van der Waals surface area contributed by atoms with Gasteiger partial charge in [-0.15, -0.1) is 0 Å². The molecule has 0 aromatic rings. The van der Waals surface area contributed by atoms with Gasteiger partial charge in [-0.3, -0.25) is 9.59 Å². The summed E-state index contributed by atoms with van der Waals surface area (Å²) in [6.07, 6.45) is 0. The molecule has 10 nitrogen and oxygen atoms in total. The highest BCUT2D eigenvalue weighted by molar-refractivity contribution is 6.24. The van der Waals surface area contributed by atoms with Crippen molar-refractivity contribution in [3.8, 4) is 0 Å². The van der Waals surface area contributed by atoms with E-state index in [0.717, 1.165) is 0 Å². The van der Waals surface area contributed by atoms with Crippen molar-refractivity contribution in [2.24, 2.45) is 0 Å². The van der Waals surface area contributed by atoms with Crippen molar-refractivity contribution in [3.05, 3.63) is 22.8 Å². The molecule has 0 amide bonds. The maximum Gasteiger partial charge on any atom is 0.229 e. The summed E-state index contributed by atoms with van der Waals surface area (Å²) in [7, 11) is 0. The summed E-state index contributed by atoms with van der Waals surface area (Å²) in [5.41, 5.74) is 2.11. The van der Waals surface area contributed by atoms with E-state index in [9.17, 15) is 9.59 Å². The minimum atomic E-state index is -0.0589. The van der Waals surface area contributed by atoms with Crippen LogP contribution in [-0.4, -0.2) is 136 Å². The van der Waals surface area contributed by atoms with Crippen molar-refractivity contribution >= 4 is 11.6 Å². The summed E-state index contributed by atoms with van der Waals surface area (Å²) in [6.45, 7) is 9.22. The molecule has 32 heavy (non-hydrogen) atoms. The smallest absolute Gasteiger partial charge is 0.229 e. The number of morpholine rings is 4. The normalized spacial score (nSPS) is 26.4. The monoisotopic (exact) mass is 448 g/mol. The quantitative estimate of drug-likeness (QED) is 0.494. The van der Waals surface area contributed by atoms with E-state index in [1.807, 2.05) is 19.6 Å². The molecule has 1 aliphatic carbocycles. The molecule has 10 heteroatoms. The SMILES string of the molecule is O=C1C(N2CCOCC2)=C(N2CCOCC2)C(=O)C(N2CCOCC2)=C1N1CCOCC1. The van der Waals surface area contributed by atoms with Crippen molar-refractivity contribution in [1.82, 2.24) is 19.6 Å². The lowest BCUT2D eigenvalue weighted by Crippen LogP contribution is -2.53. The number of carbonyl (C=O) groups excluding carboxylic acids is 2. The first-order chi connectivity index (χ1) is 15.8. The molecule has 4 fully saturated rings. The van der Waals surface area contributed by atoms with Crippen molar-refractivity contribution in [3.63, 3.8) is 0 Å². The van der Waals surface area contributed by atoms with Crippen molar-refractivity contribution < 1.29 is 28.5 Å². The molecule has 0 bridgehead atoms. The third-order valence-electron chi connectivity index (χ3n) is 6.62. The zero-order chi connectivity index (χ0) is 21.9. The summed E-state index contributed by atoms with van der Waals surface area (Å²) in [5, 5.41) is 0.